The molecule has 122 valence electrons. The first-order valence-corrected chi connectivity index (χ1v) is 7.98. The van der Waals surface area contributed by atoms with Crippen LogP contribution in [0.3, 0.4) is 0 Å². The van der Waals surface area contributed by atoms with Crippen LogP contribution in [-0.4, -0.2) is 29.0 Å². The Hall–Kier alpha value is -0.870. The van der Waals surface area contributed by atoms with Crippen molar-refractivity contribution in [1.29, 1.82) is 0 Å². The average Bonchev–Trinajstić information content (AvgIpc) is 2.76. The van der Waals surface area contributed by atoms with Crippen LogP contribution in [0.1, 0.15) is 54.4 Å². The predicted molar refractivity (Wildman–Crippen MR) is 85.3 cm³/mol. The zero-order valence-corrected chi connectivity index (χ0v) is 14.7. The van der Waals surface area contributed by atoms with Gasteiger partial charge in [0, 0.05) is 12.8 Å². The van der Waals surface area contributed by atoms with E-state index in [-0.39, 0.29) is 11.2 Å². The molecule has 0 bridgehead atoms. The molecule has 0 amide bonds. The van der Waals surface area contributed by atoms with Crippen molar-refractivity contribution in [3.8, 4) is 0 Å². The molecule has 21 heavy (non-hydrogen) atoms. The van der Waals surface area contributed by atoms with Crippen molar-refractivity contribution in [3.63, 3.8) is 0 Å². The standard InChI is InChI=1S/C17H33N2O2/c1-16(2,3)20-13-7-9-18-11-12-19(15-18)10-8-14-21-17(4,5)6/h11-12,15H,7-10,13-14H2,1-6H3/q+1. The van der Waals surface area contributed by atoms with Crippen LogP contribution in [0, 0.1) is 0 Å². The quantitative estimate of drug-likeness (QED) is 0.544. The second-order valence-electron chi connectivity index (χ2n) is 7.52. The molecule has 0 aliphatic heterocycles. The molecule has 0 spiro atoms. The number of ether oxygens (including phenoxy) is 2. The third kappa shape index (κ3) is 9.64. The maximum absolute atomic E-state index is 5.73. The Morgan fingerprint density at radius 2 is 1.48 bits per heavy atom. The molecule has 1 aromatic rings. The molecule has 4 nitrogen and oxygen atoms in total. The summed E-state index contributed by atoms with van der Waals surface area (Å²) in [6, 6.07) is 0. The van der Waals surface area contributed by atoms with Gasteiger partial charge in [-0.15, -0.1) is 0 Å². The van der Waals surface area contributed by atoms with E-state index in [0.717, 1.165) is 39.1 Å². The summed E-state index contributed by atoms with van der Waals surface area (Å²) in [6.45, 7) is 16.2. The molecule has 0 aromatic carbocycles. The van der Waals surface area contributed by atoms with Gasteiger partial charge in [0.05, 0.1) is 37.5 Å². The summed E-state index contributed by atoms with van der Waals surface area (Å²) in [5, 5.41) is 0. The van der Waals surface area contributed by atoms with Gasteiger partial charge in [0.1, 0.15) is 12.4 Å². The number of rotatable bonds is 8. The topological polar surface area (TPSA) is 27.3 Å². The zero-order chi connectivity index (χ0) is 15.9. The maximum atomic E-state index is 5.73. The molecule has 1 aromatic heterocycles. The molecule has 0 atom stereocenters. The number of aryl methyl sites for hydroxylation is 2. The highest BCUT2D eigenvalue weighted by Gasteiger charge is 2.11. The zero-order valence-electron chi connectivity index (χ0n) is 14.7. The van der Waals surface area contributed by atoms with Crippen molar-refractivity contribution in [3.05, 3.63) is 18.7 Å². The Labute approximate surface area is 130 Å². The summed E-state index contributed by atoms with van der Waals surface area (Å²) in [7, 11) is 0. The number of nitrogens with zero attached hydrogens (tertiary/aromatic N) is 2. The van der Waals surface area contributed by atoms with Gasteiger partial charge in [-0.1, -0.05) is 0 Å². The summed E-state index contributed by atoms with van der Waals surface area (Å²) >= 11 is 0. The van der Waals surface area contributed by atoms with E-state index in [4.69, 9.17) is 9.47 Å². The van der Waals surface area contributed by atoms with Crippen molar-refractivity contribution in [2.24, 2.45) is 0 Å². The van der Waals surface area contributed by atoms with E-state index in [9.17, 15) is 0 Å². The number of aromatic nitrogens is 2. The fourth-order valence-corrected chi connectivity index (χ4v) is 1.95. The third-order valence-corrected chi connectivity index (χ3v) is 2.94. The molecule has 0 saturated carbocycles. The molecule has 1 heterocycles. The molecule has 0 fully saturated rings. The second kappa shape index (κ2) is 7.95. The van der Waals surface area contributed by atoms with Crippen LogP contribution < -0.4 is 4.57 Å². The van der Waals surface area contributed by atoms with E-state index in [2.05, 4.69) is 69.4 Å². The van der Waals surface area contributed by atoms with Gasteiger partial charge < -0.3 is 9.47 Å². The van der Waals surface area contributed by atoms with Crippen LogP contribution in [-0.2, 0) is 22.6 Å². The molecule has 0 N–H and O–H groups in total. The Balaban J connectivity index is 2.18. The van der Waals surface area contributed by atoms with Gasteiger partial charge in [0.25, 0.3) is 0 Å². The molecular weight excluding hydrogens is 264 g/mol. The summed E-state index contributed by atoms with van der Waals surface area (Å²) in [5.41, 5.74) is -0.0761. The molecule has 0 aliphatic carbocycles. The van der Waals surface area contributed by atoms with E-state index in [1.54, 1.807) is 0 Å². The monoisotopic (exact) mass is 297 g/mol. The van der Waals surface area contributed by atoms with Crippen LogP contribution >= 0.6 is 0 Å². The van der Waals surface area contributed by atoms with E-state index >= 15 is 0 Å². The lowest BCUT2D eigenvalue weighted by atomic mass is 10.2. The van der Waals surface area contributed by atoms with E-state index < -0.39 is 0 Å². The lowest BCUT2D eigenvalue weighted by Gasteiger charge is -2.19. The van der Waals surface area contributed by atoms with Crippen molar-refractivity contribution < 1.29 is 14.0 Å². The summed E-state index contributed by atoms with van der Waals surface area (Å²) < 4.78 is 15.9. The van der Waals surface area contributed by atoms with Gasteiger partial charge in [-0.25, -0.2) is 9.13 Å². The highest BCUT2D eigenvalue weighted by Crippen LogP contribution is 2.07. The van der Waals surface area contributed by atoms with Gasteiger partial charge in [0.2, 0.25) is 6.33 Å². The van der Waals surface area contributed by atoms with Crippen LogP contribution in [0.4, 0.5) is 0 Å². The minimum absolute atomic E-state index is 0.0380. The first-order chi connectivity index (χ1) is 9.66. The Kier molecular flexibility index (Phi) is 6.88. The molecule has 1 rings (SSSR count). The largest absolute Gasteiger partial charge is 0.376 e. The van der Waals surface area contributed by atoms with E-state index in [0.29, 0.717) is 0 Å². The Bertz CT molecular complexity index is 363. The normalized spacial score (nSPS) is 12.9. The maximum Gasteiger partial charge on any atom is 0.243 e. The predicted octanol–water partition coefficient (Wildman–Crippen LogP) is 3.19. The van der Waals surface area contributed by atoms with Gasteiger partial charge in [0.15, 0.2) is 0 Å². The highest BCUT2D eigenvalue weighted by molar-refractivity contribution is 4.66. The van der Waals surface area contributed by atoms with Crippen molar-refractivity contribution in [2.45, 2.75) is 78.7 Å². The second-order valence-corrected chi connectivity index (χ2v) is 7.52. The summed E-state index contributed by atoms with van der Waals surface area (Å²) in [5.74, 6) is 0. The molecule has 0 aliphatic rings. The van der Waals surface area contributed by atoms with E-state index in [1.165, 1.54) is 0 Å². The molecule has 4 heteroatoms. The number of hydrogen-bond donors (Lipinski definition) is 0. The van der Waals surface area contributed by atoms with Gasteiger partial charge in [-0.2, -0.15) is 0 Å². The molecule has 0 unspecified atom stereocenters. The van der Waals surface area contributed by atoms with Crippen molar-refractivity contribution in [2.75, 3.05) is 13.2 Å². The smallest absolute Gasteiger partial charge is 0.243 e. The molecular formula is C17H33N2O2+. The van der Waals surface area contributed by atoms with Gasteiger partial charge in [-0.05, 0) is 41.5 Å². The van der Waals surface area contributed by atoms with Crippen molar-refractivity contribution in [1.82, 2.24) is 4.57 Å². The Morgan fingerprint density at radius 1 is 0.905 bits per heavy atom. The van der Waals surface area contributed by atoms with Gasteiger partial charge in [-0.3, -0.25) is 0 Å². The minimum Gasteiger partial charge on any atom is -0.376 e. The van der Waals surface area contributed by atoms with Crippen LogP contribution in [0.25, 0.3) is 0 Å². The SMILES string of the molecule is CC(C)(C)OCCCn1cc[n+](CCCOC(C)(C)C)c1. The van der Waals surface area contributed by atoms with Gasteiger partial charge >= 0.3 is 0 Å². The Morgan fingerprint density at radius 3 is 2.05 bits per heavy atom. The lowest BCUT2D eigenvalue weighted by Crippen LogP contribution is -2.32. The molecule has 0 radical (unpaired) electrons. The fourth-order valence-electron chi connectivity index (χ4n) is 1.95. The summed E-state index contributed by atoms with van der Waals surface area (Å²) in [4.78, 5) is 0. The molecule has 0 saturated heterocycles. The lowest BCUT2D eigenvalue weighted by molar-refractivity contribution is -0.697. The first kappa shape index (κ1) is 18.2. The van der Waals surface area contributed by atoms with Crippen LogP contribution in [0.5, 0.6) is 0 Å². The fraction of sp³-hybridized carbons (Fsp3) is 0.824. The number of imidazole rings is 1. The first-order valence-electron chi connectivity index (χ1n) is 7.98. The summed E-state index contributed by atoms with van der Waals surface area (Å²) in [6.07, 6.45) is 8.50. The highest BCUT2D eigenvalue weighted by atomic mass is 16.5. The minimum atomic E-state index is -0.0380. The van der Waals surface area contributed by atoms with Crippen LogP contribution in [0.2, 0.25) is 0 Å². The average molecular weight is 297 g/mol. The number of hydrogen-bond acceptors (Lipinski definition) is 2. The third-order valence-electron chi connectivity index (χ3n) is 2.94. The van der Waals surface area contributed by atoms with Crippen molar-refractivity contribution >= 4 is 0 Å². The van der Waals surface area contributed by atoms with E-state index in [1.807, 2.05) is 0 Å². The van der Waals surface area contributed by atoms with Crippen LogP contribution in [0.15, 0.2) is 18.7 Å².